The Kier molecular flexibility index (Phi) is 4.75. The summed E-state index contributed by atoms with van der Waals surface area (Å²) in [6, 6.07) is 11.5. The molecule has 2 aromatic rings. The van der Waals surface area contributed by atoms with Gasteiger partial charge in [0, 0.05) is 24.8 Å². The molecule has 4 heteroatoms. The second kappa shape index (κ2) is 7.06. The number of aromatic nitrogens is 2. The molecule has 0 aliphatic carbocycles. The lowest BCUT2D eigenvalue weighted by molar-refractivity contribution is 0.982. The van der Waals surface area contributed by atoms with Crippen LogP contribution >= 0.6 is 0 Å². The number of hydrogen-bond acceptors (Lipinski definition) is 4. The topological polar surface area (TPSA) is 50.5 Å². The Balaban J connectivity index is 1.73. The van der Waals surface area contributed by atoms with E-state index in [0.717, 1.165) is 11.4 Å². The number of hydrogen-bond donors (Lipinski definition) is 0. The predicted octanol–water partition coefficient (Wildman–Crippen LogP) is 2.01. The zero-order valence-electron chi connectivity index (χ0n) is 9.98. The van der Waals surface area contributed by atoms with Crippen LogP contribution in [0.25, 0.3) is 0 Å². The molecule has 0 bridgehead atoms. The number of pyridine rings is 2. The highest BCUT2D eigenvalue weighted by Gasteiger charge is 1.86. The molecule has 0 aliphatic heterocycles. The fourth-order valence-electron chi connectivity index (χ4n) is 1.34. The molecule has 90 valence electrons. The second-order valence-electron chi connectivity index (χ2n) is 3.58. The molecular weight excluding hydrogens is 224 g/mol. The average molecular weight is 238 g/mol. The lowest BCUT2D eigenvalue weighted by Crippen LogP contribution is -1.92. The van der Waals surface area contributed by atoms with Crippen molar-refractivity contribution in [2.45, 2.75) is 0 Å². The fraction of sp³-hybridized carbons (Fsp3) is 0.143. The largest absolute Gasteiger partial charge is 0.289 e. The molecule has 0 radical (unpaired) electrons. The molecule has 0 fully saturated rings. The van der Waals surface area contributed by atoms with Crippen LogP contribution in [-0.4, -0.2) is 35.5 Å². The summed E-state index contributed by atoms with van der Waals surface area (Å²) in [5.41, 5.74) is 1.73. The maximum absolute atomic E-state index is 4.25. The Bertz CT molecular complexity index is 456. The molecule has 0 saturated carbocycles. The summed E-state index contributed by atoms with van der Waals surface area (Å²) >= 11 is 0. The standard InChI is InChI=1S/C14H14N4/c1-3-7-17-13(5-1)11-15-9-10-16-12-14-6-2-4-8-18-14/h1-8,11-12H,9-10H2/b15-11+,16-12+. The summed E-state index contributed by atoms with van der Waals surface area (Å²) in [5.74, 6) is 0. The first-order valence-corrected chi connectivity index (χ1v) is 5.77. The minimum absolute atomic E-state index is 0.653. The van der Waals surface area contributed by atoms with Gasteiger partial charge in [-0.1, -0.05) is 12.1 Å². The highest BCUT2D eigenvalue weighted by atomic mass is 14.8. The van der Waals surface area contributed by atoms with E-state index in [1.54, 1.807) is 24.8 Å². The summed E-state index contributed by atoms with van der Waals surface area (Å²) in [7, 11) is 0. The maximum Gasteiger partial charge on any atom is 0.0807 e. The summed E-state index contributed by atoms with van der Waals surface area (Å²) in [4.78, 5) is 16.8. The first-order valence-electron chi connectivity index (χ1n) is 5.77. The van der Waals surface area contributed by atoms with E-state index in [9.17, 15) is 0 Å². The van der Waals surface area contributed by atoms with Gasteiger partial charge in [-0.25, -0.2) is 0 Å². The van der Waals surface area contributed by atoms with Gasteiger partial charge in [-0.3, -0.25) is 20.0 Å². The van der Waals surface area contributed by atoms with Crippen LogP contribution in [0, 0.1) is 0 Å². The van der Waals surface area contributed by atoms with Crippen LogP contribution in [0.1, 0.15) is 11.4 Å². The van der Waals surface area contributed by atoms with Crippen LogP contribution in [0.5, 0.6) is 0 Å². The van der Waals surface area contributed by atoms with E-state index in [0.29, 0.717) is 13.1 Å². The van der Waals surface area contributed by atoms with Gasteiger partial charge in [-0.05, 0) is 24.3 Å². The third-order valence-electron chi connectivity index (χ3n) is 2.18. The Morgan fingerprint density at radius 1 is 0.778 bits per heavy atom. The third-order valence-corrected chi connectivity index (χ3v) is 2.18. The third kappa shape index (κ3) is 4.25. The van der Waals surface area contributed by atoms with E-state index >= 15 is 0 Å². The van der Waals surface area contributed by atoms with E-state index in [2.05, 4.69) is 20.0 Å². The van der Waals surface area contributed by atoms with E-state index in [1.165, 1.54) is 0 Å². The van der Waals surface area contributed by atoms with Crippen LogP contribution in [-0.2, 0) is 0 Å². The van der Waals surface area contributed by atoms with Crippen LogP contribution in [0.3, 0.4) is 0 Å². The van der Waals surface area contributed by atoms with Gasteiger partial charge >= 0.3 is 0 Å². The quantitative estimate of drug-likeness (QED) is 0.591. The Labute approximate surface area is 106 Å². The van der Waals surface area contributed by atoms with Gasteiger partial charge < -0.3 is 0 Å². The molecule has 0 amide bonds. The Morgan fingerprint density at radius 3 is 1.67 bits per heavy atom. The van der Waals surface area contributed by atoms with Crippen molar-refractivity contribution >= 4 is 12.4 Å². The smallest absolute Gasteiger partial charge is 0.0807 e. The summed E-state index contributed by atoms with van der Waals surface area (Å²) < 4.78 is 0. The van der Waals surface area contributed by atoms with E-state index < -0.39 is 0 Å². The Hall–Kier alpha value is -2.36. The van der Waals surface area contributed by atoms with Crippen molar-refractivity contribution in [2.24, 2.45) is 9.98 Å². The van der Waals surface area contributed by atoms with Gasteiger partial charge in [-0.2, -0.15) is 0 Å². The molecule has 18 heavy (non-hydrogen) atoms. The maximum atomic E-state index is 4.25. The van der Waals surface area contributed by atoms with Crippen molar-refractivity contribution in [3.63, 3.8) is 0 Å². The van der Waals surface area contributed by atoms with Gasteiger partial charge in [-0.15, -0.1) is 0 Å². The molecule has 0 N–H and O–H groups in total. The molecule has 0 unspecified atom stereocenters. The SMILES string of the molecule is C(=N\CC/N=C/c1ccccn1)/c1ccccn1. The molecular formula is C14H14N4. The van der Waals surface area contributed by atoms with Crippen molar-refractivity contribution in [2.75, 3.05) is 13.1 Å². The monoisotopic (exact) mass is 238 g/mol. The minimum Gasteiger partial charge on any atom is -0.289 e. The van der Waals surface area contributed by atoms with Crippen molar-refractivity contribution in [3.8, 4) is 0 Å². The second-order valence-corrected chi connectivity index (χ2v) is 3.58. The zero-order valence-corrected chi connectivity index (χ0v) is 9.98. The predicted molar refractivity (Wildman–Crippen MR) is 73.4 cm³/mol. The normalized spacial score (nSPS) is 11.3. The van der Waals surface area contributed by atoms with Crippen molar-refractivity contribution in [3.05, 3.63) is 60.2 Å². The van der Waals surface area contributed by atoms with Crippen LogP contribution < -0.4 is 0 Å². The molecule has 0 saturated heterocycles. The number of nitrogens with zero attached hydrogens (tertiary/aromatic N) is 4. The Morgan fingerprint density at radius 2 is 1.28 bits per heavy atom. The summed E-state index contributed by atoms with van der Waals surface area (Å²) in [6.45, 7) is 1.31. The van der Waals surface area contributed by atoms with Gasteiger partial charge in [0.25, 0.3) is 0 Å². The lowest BCUT2D eigenvalue weighted by atomic mass is 10.4. The molecule has 0 aliphatic rings. The molecule has 4 nitrogen and oxygen atoms in total. The van der Waals surface area contributed by atoms with E-state index in [1.807, 2.05) is 36.4 Å². The first kappa shape index (κ1) is 12.1. The van der Waals surface area contributed by atoms with Crippen molar-refractivity contribution in [1.82, 2.24) is 9.97 Å². The van der Waals surface area contributed by atoms with Gasteiger partial charge in [0.1, 0.15) is 0 Å². The van der Waals surface area contributed by atoms with Crippen LogP contribution in [0.2, 0.25) is 0 Å². The molecule has 0 atom stereocenters. The molecule has 2 rings (SSSR count). The van der Waals surface area contributed by atoms with Crippen molar-refractivity contribution < 1.29 is 0 Å². The van der Waals surface area contributed by atoms with Crippen LogP contribution in [0.15, 0.2) is 58.8 Å². The molecule has 2 aromatic heterocycles. The highest BCUT2D eigenvalue weighted by molar-refractivity contribution is 5.77. The average Bonchev–Trinajstić information content (AvgIpc) is 2.45. The lowest BCUT2D eigenvalue weighted by Gasteiger charge is -1.91. The number of rotatable bonds is 5. The van der Waals surface area contributed by atoms with Gasteiger partial charge in [0.2, 0.25) is 0 Å². The van der Waals surface area contributed by atoms with Gasteiger partial charge in [0.15, 0.2) is 0 Å². The molecule has 0 aromatic carbocycles. The summed E-state index contributed by atoms with van der Waals surface area (Å²) in [5, 5.41) is 0. The molecule has 2 heterocycles. The summed E-state index contributed by atoms with van der Waals surface area (Å²) in [6.07, 6.45) is 7.02. The van der Waals surface area contributed by atoms with E-state index in [4.69, 9.17) is 0 Å². The zero-order chi connectivity index (χ0) is 12.5. The van der Waals surface area contributed by atoms with Crippen molar-refractivity contribution in [1.29, 1.82) is 0 Å². The minimum atomic E-state index is 0.653. The van der Waals surface area contributed by atoms with Gasteiger partial charge in [0.05, 0.1) is 24.5 Å². The van der Waals surface area contributed by atoms with Crippen LogP contribution in [0.4, 0.5) is 0 Å². The number of aliphatic imine (C=N–C) groups is 2. The first-order chi connectivity index (χ1) is 8.95. The van der Waals surface area contributed by atoms with E-state index in [-0.39, 0.29) is 0 Å². The highest BCUT2D eigenvalue weighted by Crippen LogP contribution is 1.90. The fourth-order valence-corrected chi connectivity index (χ4v) is 1.34. The molecule has 0 spiro atoms.